The molecule has 2 heteroatoms. The zero-order valence-corrected chi connectivity index (χ0v) is 7.78. The summed E-state index contributed by atoms with van der Waals surface area (Å²) >= 11 is 0. The van der Waals surface area contributed by atoms with Crippen LogP contribution >= 0.6 is 0 Å². The molecule has 0 aromatic carbocycles. The highest BCUT2D eigenvalue weighted by Crippen LogP contribution is 2.26. The van der Waals surface area contributed by atoms with Gasteiger partial charge in [-0.3, -0.25) is 0 Å². The van der Waals surface area contributed by atoms with Crippen molar-refractivity contribution in [3.8, 4) is 0 Å². The Bertz CT molecular complexity index is 105. The lowest BCUT2D eigenvalue weighted by atomic mass is 10.5. The Morgan fingerprint density at radius 1 is 1.56 bits per heavy atom. The van der Waals surface area contributed by atoms with Gasteiger partial charge in [0.15, 0.2) is 0 Å². The van der Waals surface area contributed by atoms with Crippen LogP contribution in [0.15, 0.2) is 0 Å². The molecule has 1 unspecified atom stereocenters. The highest BCUT2D eigenvalue weighted by Gasteiger charge is 2.34. The summed E-state index contributed by atoms with van der Waals surface area (Å²) in [7, 11) is 1.46. The molecule has 1 atom stereocenters. The van der Waals surface area contributed by atoms with Crippen LogP contribution < -0.4 is 0 Å². The van der Waals surface area contributed by atoms with Crippen molar-refractivity contribution >= 4 is 8.24 Å². The monoisotopic (exact) mass is 143 g/mol. The van der Waals surface area contributed by atoms with Crippen molar-refractivity contribution in [3.05, 3.63) is 0 Å². The molecule has 54 valence electrons. The Morgan fingerprint density at radius 3 is 2.44 bits per heavy atom. The second-order valence-corrected chi connectivity index (χ2v) is 8.34. The highest BCUT2D eigenvalue weighted by molar-refractivity contribution is 6.76. The van der Waals surface area contributed by atoms with E-state index in [2.05, 4.69) is 25.1 Å². The van der Waals surface area contributed by atoms with Gasteiger partial charge in [0, 0.05) is 0 Å². The van der Waals surface area contributed by atoms with Gasteiger partial charge < -0.3 is 4.57 Å². The predicted octanol–water partition coefficient (Wildman–Crippen LogP) is 1.92. The summed E-state index contributed by atoms with van der Waals surface area (Å²) in [5.41, 5.74) is 0. The number of rotatable bonds is 1. The molecular weight excluding hydrogens is 126 g/mol. The third-order valence-electron chi connectivity index (χ3n) is 2.89. The van der Waals surface area contributed by atoms with Gasteiger partial charge in [-0.2, -0.15) is 0 Å². The van der Waals surface area contributed by atoms with E-state index in [1.54, 1.807) is 0 Å². The molecule has 1 nitrogen and oxygen atoms in total. The first-order valence-corrected chi connectivity index (χ1v) is 6.76. The van der Waals surface area contributed by atoms with E-state index in [0.717, 1.165) is 0 Å². The second-order valence-electron chi connectivity index (χ2n) is 3.38. The summed E-state index contributed by atoms with van der Waals surface area (Å²) in [5.74, 6) is 0. The number of hydrogen-bond donors (Lipinski definition) is 0. The Labute approximate surface area is 59.1 Å². The van der Waals surface area contributed by atoms with E-state index in [1.165, 1.54) is 25.1 Å². The second kappa shape index (κ2) is 2.43. The molecule has 0 aromatic heterocycles. The minimum atomic E-state index is -0.830. The summed E-state index contributed by atoms with van der Waals surface area (Å²) in [6, 6.07) is 2.96. The van der Waals surface area contributed by atoms with Gasteiger partial charge in [-0.25, -0.2) is 0 Å². The van der Waals surface area contributed by atoms with E-state index in [-0.39, 0.29) is 0 Å². The van der Waals surface area contributed by atoms with Crippen LogP contribution in [0.1, 0.15) is 13.3 Å². The summed E-state index contributed by atoms with van der Waals surface area (Å²) in [4.78, 5) is 0. The maximum atomic E-state index is 2.62. The third kappa shape index (κ3) is 1.19. The third-order valence-corrected chi connectivity index (χ3v) is 7.91. The molecule has 1 rings (SSSR count). The molecule has 1 heterocycles. The number of nitrogens with zero attached hydrogens (tertiary/aromatic N) is 1. The molecule has 1 aliphatic rings. The fraction of sp³-hybridized carbons (Fsp3) is 1.00. The van der Waals surface area contributed by atoms with E-state index in [9.17, 15) is 0 Å². The van der Waals surface area contributed by atoms with Crippen LogP contribution in [0.2, 0.25) is 18.6 Å². The quantitative estimate of drug-likeness (QED) is 0.507. The molecule has 0 aliphatic carbocycles. The first-order chi connectivity index (χ1) is 4.19. The van der Waals surface area contributed by atoms with Gasteiger partial charge in [0.05, 0.1) is 0 Å². The van der Waals surface area contributed by atoms with Gasteiger partial charge in [0.25, 0.3) is 0 Å². The van der Waals surface area contributed by atoms with E-state index in [1.807, 2.05) is 0 Å². The van der Waals surface area contributed by atoms with Crippen molar-refractivity contribution in [2.45, 2.75) is 32.0 Å². The molecule has 0 amide bonds. The lowest BCUT2D eigenvalue weighted by Gasteiger charge is -2.27. The van der Waals surface area contributed by atoms with Crippen molar-refractivity contribution in [2.24, 2.45) is 0 Å². The van der Waals surface area contributed by atoms with Crippen LogP contribution in [0, 0.1) is 0 Å². The van der Waals surface area contributed by atoms with Gasteiger partial charge in [-0.1, -0.05) is 13.5 Å². The molecule has 1 fully saturated rings. The van der Waals surface area contributed by atoms with Gasteiger partial charge in [0.1, 0.15) is 8.24 Å². The Balaban J connectivity index is 2.56. The standard InChI is InChI=1S/C7H17NSi/c1-4-9(3)7-5-6-8(9)2/h4-7H2,1-3H3. The zero-order chi connectivity index (χ0) is 6.91. The maximum absolute atomic E-state index is 2.62. The van der Waals surface area contributed by atoms with Gasteiger partial charge >= 0.3 is 0 Å². The molecule has 0 aromatic rings. The van der Waals surface area contributed by atoms with Crippen LogP contribution in [0.25, 0.3) is 0 Å². The van der Waals surface area contributed by atoms with Gasteiger partial charge in [-0.15, -0.1) is 0 Å². The Morgan fingerprint density at radius 2 is 2.22 bits per heavy atom. The van der Waals surface area contributed by atoms with Crippen molar-refractivity contribution < 1.29 is 0 Å². The van der Waals surface area contributed by atoms with Crippen LogP contribution in [-0.2, 0) is 0 Å². The summed E-state index contributed by atoms with van der Waals surface area (Å²) in [6.07, 6.45) is 1.45. The summed E-state index contributed by atoms with van der Waals surface area (Å²) < 4.78 is 2.62. The van der Waals surface area contributed by atoms with Gasteiger partial charge in [-0.05, 0) is 32.1 Å². The van der Waals surface area contributed by atoms with E-state index >= 15 is 0 Å². The first kappa shape index (κ1) is 7.29. The lowest BCUT2D eigenvalue weighted by Crippen LogP contribution is -2.42. The Hall–Kier alpha value is 0.177. The molecule has 0 spiro atoms. The Kier molecular flexibility index (Phi) is 1.96. The fourth-order valence-electron chi connectivity index (χ4n) is 1.60. The van der Waals surface area contributed by atoms with Crippen molar-refractivity contribution in [2.75, 3.05) is 13.6 Å². The largest absolute Gasteiger partial charge is 0.326 e. The smallest absolute Gasteiger partial charge is 0.124 e. The van der Waals surface area contributed by atoms with Crippen LogP contribution in [0.4, 0.5) is 0 Å². The van der Waals surface area contributed by atoms with Crippen LogP contribution in [0.5, 0.6) is 0 Å². The average Bonchev–Trinajstić information content (AvgIpc) is 2.15. The maximum Gasteiger partial charge on any atom is 0.124 e. The molecule has 1 saturated heterocycles. The van der Waals surface area contributed by atoms with Crippen molar-refractivity contribution in [1.29, 1.82) is 0 Å². The zero-order valence-electron chi connectivity index (χ0n) is 6.78. The van der Waals surface area contributed by atoms with Gasteiger partial charge in [0.2, 0.25) is 0 Å². The molecule has 0 saturated carbocycles. The summed E-state index contributed by atoms with van der Waals surface area (Å²) in [5, 5.41) is 0. The minimum absolute atomic E-state index is 0.830. The molecule has 1 aliphatic heterocycles. The molecule has 0 radical (unpaired) electrons. The van der Waals surface area contributed by atoms with E-state index in [0.29, 0.717) is 0 Å². The fourth-order valence-corrected chi connectivity index (χ4v) is 4.50. The molecule has 0 bridgehead atoms. The topological polar surface area (TPSA) is 3.24 Å². The van der Waals surface area contributed by atoms with E-state index < -0.39 is 8.24 Å². The van der Waals surface area contributed by atoms with E-state index in [4.69, 9.17) is 0 Å². The average molecular weight is 143 g/mol. The van der Waals surface area contributed by atoms with Crippen LogP contribution in [0.3, 0.4) is 0 Å². The number of hydrogen-bond acceptors (Lipinski definition) is 1. The minimum Gasteiger partial charge on any atom is -0.326 e. The van der Waals surface area contributed by atoms with Crippen LogP contribution in [-0.4, -0.2) is 26.4 Å². The molecule has 0 N–H and O–H groups in total. The predicted molar refractivity (Wildman–Crippen MR) is 44.2 cm³/mol. The lowest BCUT2D eigenvalue weighted by molar-refractivity contribution is 0.550. The SMILES string of the molecule is CC[Si]1(C)CCCN1C. The summed E-state index contributed by atoms with van der Waals surface area (Å²) in [6.45, 7) is 6.20. The highest BCUT2D eigenvalue weighted by atomic mass is 28.3. The van der Waals surface area contributed by atoms with Crippen molar-refractivity contribution in [3.63, 3.8) is 0 Å². The molecule has 9 heavy (non-hydrogen) atoms. The van der Waals surface area contributed by atoms with Crippen molar-refractivity contribution in [1.82, 2.24) is 4.57 Å². The normalized spacial score (nSPS) is 37.7. The molecular formula is C7H17NSi. The first-order valence-electron chi connectivity index (χ1n) is 3.90.